The first-order chi connectivity index (χ1) is 11.1. The number of aryl methyl sites for hydroxylation is 4. The van der Waals surface area contributed by atoms with Crippen LogP contribution in [-0.4, -0.2) is 20.5 Å². The minimum absolute atomic E-state index is 0.368. The fraction of sp³-hybridized carbons (Fsp3) is 0.333. The van der Waals surface area contributed by atoms with Gasteiger partial charge in [0.05, 0.1) is 5.69 Å². The van der Waals surface area contributed by atoms with Gasteiger partial charge in [-0.25, -0.2) is 9.78 Å². The van der Waals surface area contributed by atoms with Crippen LogP contribution in [0.4, 0.5) is 0 Å². The molecule has 0 atom stereocenters. The molecule has 2 aromatic heterocycles. The molecule has 4 nitrogen and oxygen atoms in total. The Morgan fingerprint density at radius 2 is 1.91 bits per heavy atom. The van der Waals surface area contributed by atoms with E-state index < -0.39 is 5.97 Å². The Bertz CT molecular complexity index is 936. The first kappa shape index (κ1) is 14.5. The summed E-state index contributed by atoms with van der Waals surface area (Å²) in [7, 11) is 0. The van der Waals surface area contributed by atoms with Crippen LogP contribution in [0.15, 0.2) is 18.2 Å². The lowest BCUT2D eigenvalue weighted by Gasteiger charge is -2.16. The van der Waals surface area contributed by atoms with Gasteiger partial charge in [0.1, 0.15) is 4.88 Å². The van der Waals surface area contributed by atoms with Crippen molar-refractivity contribution >= 4 is 22.3 Å². The van der Waals surface area contributed by atoms with Gasteiger partial charge in [-0.2, -0.15) is 0 Å². The molecule has 118 valence electrons. The summed E-state index contributed by atoms with van der Waals surface area (Å²) >= 11 is 1.24. The Morgan fingerprint density at radius 3 is 2.61 bits per heavy atom. The van der Waals surface area contributed by atoms with Crippen molar-refractivity contribution in [1.29, 1.82) is 0 Å². The van der Waals surface area contributed by atoms with Crippen molar-refractivity contribution in [3.63, 3.8) is 0 Å². The van der Waals surface area contributed by atoms with E-state index in [0.29, 0.717) is 4.88 Å². The second-order valence-corrected chi connectivity index (χ2v) is 7.15. The Kier molecular flexibility index (Phi) is 3.27. The molecule has 23 heavy (non-hydrogen) atoms. The van der Waals surface area contributed by atoms with E-state index in [-0.39, 0.29) is 0 Å². The minimum atomic E-state index is -0.882. The monoisotopic (exact) mass is 326 g/mol. The predicted molar refractivity (Wildman–Crippen MR) is 91.6 cm³/mol. The smallest absolute Gasteiger partial charge is 0.347 e. The molecule has 0 aliphatic heterocycles. The highest BCUT2D eigenvalue weighted by Crippen LogP contribution is 2.32. The fourth-order valence-corrected chi connectivity index (χ4v) is 4.57. The average Bonchev–Trinajstić information content (AvgIpc) is 3.04. The number of carboxylic acid groups (broad SMARTS) is 1. The number of rotatable bonds is 2. The summed E-state index contributed by atoms with van der Waals surface area (Å²) < 4.78 is 1.96. The molecule has 0 unspecified atom stereocenters. The van der Waals surface area contributed by atoms with Crippen LogP contribution in [0.5, 0.6) is 0 Å². The molecule has 0 radical (unpaired) electrons. The maximum Gasteiger partial charge on any atom is 0.347 e. The second-order valence-electron chi connectivity index (χ2n) is 6.18. The van der Waals surface area contributed by atoms with E-state index in [9.17, 15) is 9.90 Å². The zero-order chi connectivity index (χ0) is 16.1. The van der Waals surface area contributed by atoms with Gasteiger partial charge in [-0.05, 0) is 56.7 Å². The Labute approximate surface area is 138 Å². The molecule has 0 fully saturated rings. The quantitative estimate of drug-likeness (QED) is 0.765. The van der Waals surface area contributed by atoms with Crippen LogP contribution < -0.4 is 0 Å². The van der Waals surface area contributed by atoms with E-state index in [0.717, 1.165) is 34.0 Å². The van der Waals surface area contributed by atoms with E-state index in [4.69, 9.17) is 4.98 Å². The van der Waals surface area contributed by atoms with Crippen molar-refractivity contribution in [3.05, 3.63) is 45.6 Å². The molecule has 0 spiro atoms. The topological polar surface area (TPSA) is 54.6 Å². The lowest BCUT2D eigenvalue weighted by atomic mass is 9.90. The molecular weight excluding hydrogens is 308 g/mol. The molecule has 0 saturated heterocycles. The minimum Gasteiger partial charge on any atom is -0.477 e. The number of nitrogens with zero attached hydrogens (tertiary/aromatic N) is 2. The van der Waals surface area contributed by atoms with E-state index >= 15 is 0 Å². The molecule has 1 aromatic carbocycles. The van der Waals surface area contributed by atoms with Gasteiger partial charge >= 0.3 is 5.97 Å². The maximum absolute atomic E-state index is 11.3. The number of aromatic nitrogens is 2. The van der Waals surface area contributed by atoms with Gasteiger partial charge in [-0.15, -0.1) is 0 Å². The van der Waals surface area contributed by atoms with Gasteiger partial charge in [-0.1, -0.05) is 23.5 Å². The van der Waals surface area contributed by atoms with Gasteiger partial charge in [0.15, 0.2) is 4.96 Å². The second kappa shape index (κ2) is 5.20. The number of imidazole rings is 1. The molecule has 1 N–H and O–H groups in total. The summed E-state index contributed by atoms with van der Waals surface area (Å²) in [5, 5.41) is 9.26. The lowest BCUT2D eigenvalue weighted by Crippen LogP contribution is -2.02. The van der Waals surface area contributed by atoms with Crippen LogP contribution in [0.3, 0.4) is 0 Å². The summed E-state index contributed by atoms with van der Waals surface area (Å²) in [5.74, 6) is -0.882. The fourth-order valence-electron chi connectivity index (χ4n) is 3.56. The molecule has 2 heterocycles. The number of fused-ring (bicyclic) bond motifs is 2. The van der Waals surface area contributed by atoms with E-state index in [1.807, 2.05) is 18.2 Å². The molecule has 5 heteroatoms. The number of thiazole rings is 1. The third kappa shape index (κ3) is 2.18. The summed E-state index contributed by atoms with van der Waals surface area (Å²) in [6, 6.07) is 6.64. The number of carbonyl (C=O) groups is 1. The average molecular weight is 326 g/mol. The summed E-state index contributed by atoms with van der Waals surface area (Å²) in [4.78, 5) is 17.1. The molecule has 0 amide bonds. The van der Waals surface area contributed by atoms with Crippen molar-refractivity contribution in [2.75, 3.05) is 0 Å². The Hall–Kier alpha value is -2.14. The SMILES string of the molecule is Cc1c(-c2ccc3c(c2)CCCC3)nc2sc(C(=O)O)c(C)n12. The highest BCUT2D eigenvalue weighted by molar-refractivity contribution is 7.19. The largest absolute Gasteiger partial charge is 0.477 e. The van der Waals surface area contributed by atoms with Crippen molar-refractivity contribution in [2.24, 2.45) is 0 Å². The zero-order valence-corrected chi connectivity index (χ0v) is 14.0. The van der Waals surface area contributed by atoms with Crippen LogP contribution in [0, 0.1) is 13.8 Å². The van der Waals surface area contributed by atoms with E-state index in [1.54, 1.807) is 0 Å². The van der Waals surface area contributed by atoms with Crippen LogP contribution in [0.1, 0.15) is 45.0 Å². The van der Waals surface area contributed by atoms with Crippen LogP contribution >= 0.6 is 11.3 Å². The lowest BCUT2D eigenvalue weighted by molar-refractivity contribution is 0.0701. The number of hydrogen-bond acceptors (Lipinski definition) is 3. The molecule has 0 bridgehead atoms. The standard InChI is InChI=1S/C18H18N2O2S/c1-10-15(14-8-7-12-5-3-4-6-13(12)9-14)19-18-20(10)11(2)16(23-18)17(21)22/h7-9H,3-6H2,1-2H3,(H,21,22). The van der Waals surface area contributed by atoms with Gasteiger partial charge < -0.3 is 5.11 Å². The van der Waals surface area contributed by atoms with Gasteiger partial charge in [0.2, 0.25) is 0 Å². The molecule has 1 aliphatic rings. The highest BCUT2D eigenvalue weighted by Gasteiger charge is 2.21. The van der Waals surface area contributed by atoms with Crippen molar-refractivity contribution in [1.82, 2.24) is 9.38 Å². The summed E-state index contributed by atoms with van der Waals surface area (Å²) in [5.41, 5.74) is 6.76. The summed E-state index contributed by atoms with van der Waals surface area (Å²) in [6.45, 7) is 3.86. The predicted octanol–water partition coefficient (Wildman–Crippen LogP) is 4.26. The normalized spacial score (nSPS) is 14.2. The van der Waals surface area contributed by atoms with Gasteiger partial charge in [0.25, 0.3) is 0 Å². The van der Waals surface area contributed by atoms with Crippen LogP contribution in [-0.2, 0) is 12.8 Å². The zero-order valence-electron chi connectivity index (χ0n) is 13.2. The van der Waals surface area contributed by atoms with E-state index in [1.165, 1.54) is 41.7 Å². The maximum atomic E-state index is 11.3. The van der Waals surface area contributed by atoms with Gasteiger partial charge in [0, 0.05) is 17.0 Å². The number of hydrogen-bond donors (Lipinski definition) is 1. The third-order valence-corrected chi connectivity index (χ3v) is 5.88. The van der Waals surface area contributed by atoms with Crippen LogP contribution in [0.2, 0.25) is 0 Å². The Balaban J connectivity index is 1.86. The molecular formula is C18H18N2O2S. The first-order valence-electron chi connectivity index (χ1n) is 7.90. The highest BCUT2D eigenvalue weighted by atomic mass is 32.1. The van der Waals surface area contributed by atoms with Crippen LogP contribution in [0.25, 0.3) is 16.2 Å². The first-order valence-corrected chi connectivity index (χ1v) is 8.72. The van der Waals surface area contributed by atoms with Crippen molar-refractivity contribution < 1.29 is 9.90 Å². The van der Waals surface area contributed by atoms with E-state index in [2.05, 4.69) is 18.2 Å². The molecule has 3 aromatic rings. The van der Waals surface area contributed by atoms with Crippen molar-refractivity contribution in [2.45, 2.75) is 39.5 Å². The number of carboxylic acids is 1. The Morgan fingerprint density at radius 1 is 1.17 bits per heavy atom. The molecule has 4 rings (SSSR count). The molecule has 0 saturated carbocycles. The summed E-state index contributed by atoms with van der Waals surface area (Å²) in [6.07, 6.45) is 4.86. The van der Waals surface area contributed by atoms with Gasteiger partial charge in [-0.3, -0.25) is 4.40 Å². The number of benzene rings is 1. The number of aromatic carboxylic acids is 1. The molecule has 1 aliphatic carbocycles. The third-order valence-electron chi connectivity index (χ3n) is 4.75. The van der Waals surface area contributed by atoms with Crippen molar-refractivity contribution in [3.8, 4) is 11.3 Å².